The van der Waals surface area contributed by atoms with Crippen LogP contribution in [-0.4, -0.2) is 61.2 Å². The SMILES string of the molecule is Cc1ccc(S(=O)(=O)OCCOCCOCCOCCN)cc1. The zero-order chi connectivity index (χ0) is 17.0. The smallest absolute Gasteiger partial charge is 0.297 e. The molecule has 0 heterocycles. The molecule has 1 aromatic carbocycles. The Hall–Kier alpha value is -1.03. The minimum atomic E-state index is -3.73. The lowest BCUT2D eigenvalue weighted by atomic mass is 10.2. The summed E-state index contributed by atoms with van der Waals surface area (Å²) in [7, 11) is -3.73. The Kier molecular flexibility index (Phi) is 10.0. The summed E-state index contributed by atoms with van der Waals surface area (Å²) in [5.41, 5.74) is 6.26. The van der Waals surface area contributed by atoms with Crippen LogP contribution in [-0.2, 0) is 28.5 Å². The number of benzene rings is 1. The van der Waals surface area contributed by atoms with Crippen LogP contribution < -0.4 is 5.73 Å². The summed E-state index contributed by atoms with van der Waals surface area (Å²) < 4.78 is 44.3. The van der Waals surface area contributed by atoms with E-state index in [0.29, 0.717) is 39.6 Å². The molecule has 0 aliphatic rings. The van der Waals surface area contributed by atoms with Crippen molar-refractivity contribution in [3.63, 3.8) is 0 Å². The monoisotopic (exact) mass is 347 g/mol. The largest absolute Gasteiger partial charge is 0.378 e. The van der Waals surface area contributed by atoms with Crippen molar-refractivity contribution in [1.82, 2.24) is 0 Å². The molecule has 8 heteroatoms. The van der Waals surface area contributed by atoms with Crippen LogP contribution in [0.1, 0.15) is 5.56 Å². The van der Waals surface area contributed by atoms with Crippen LogP contribution in [0.5, 0.6) is 0 Å². The lowest BCUT2D eigenvalue weighted by molar-refractivity contribution is 0.0109. The molecule has 0 aliphatic carbocycles. The van der Waals surface area contributed by atoms with Crippen molar-refractivity contribution >= 4 is 10.1 Å². The van der Waals surface area contributed by atoms with Crippen molar-refractivity contribution in [2.24, 2.45) is 5.73 Å². The quantitative estimate of drug-likeness (QED) is 0.414. The fourth-order valence-electron chi connectivity index (χ4n) is 1.60. The van der Waals surface area contributed by atoms with Gasteiger partial charge in [0, 0.05) is 6.54 Å². The molecule has 2 N–H and O–H groups in total. The minimum absolute atomic E-state index is 0.0319. The van der Waals surface area contributed by atoms with Gasteiger partial charge in [-0.2, -0.15) is 8.42 Å². The van der Waals surface area contributed by atoms with Gasteiger partial charge in [-0.25, -0.2) is 0 Å². The number of ether oxygens (including phenoxy) is 3. The molecule has 7 nitrogen and oxygen atoms in total. The highest BCUT2D eigenvalue weighted by Gasteiger charge is 2.14. The third-order valence-corrected chi connectivity index (χ3v) is 4.11. The van der Waals surface area contributed by atoms with Gasteiger partial charge in [-0.15, -0.1) is 0 Å². The number of rotatable bonds is 13. The number of aryl methyl sites for hydroxylation is 1. The van der Waals surface area contributed by atoms with Crippen molar-refractivity contribution in [3.8, 4) is 0 Å². The molecule has 132 valence electrons. The maximum Gasteiger partial charge on any atom is 0.297 e. The number of nitrogens with two attached hydrogens (primary N) is 1. The average molecular weight is 347 g/mol. The Morgan fingerprint density at radius 1 is 0.826 bits per heavy atom. The van der Waals surface area contributed by atoms with E-state index in [0.717, 1.165) is 5.56 Å². The predicted molar refractivity (Wildman–Crippen MR) is 85.8 cm³/mol. The first-order chi connectivity index (χ1) is 11.1. The second kappa shape index (κ2) is 11.5. The van der Waals surface area contributed by atoms with Gasteiger partial charge in [-0.05, 0) is 19.1 Å². The molecule has 0 atom stereocenters. The van der Waals surface area contributed by atoms with E-state index in [2.05, 4.69) is 0 Å². The van der Waals surface area contributed by atoms with Gasteiger partial charge in [0.15, 0.2) is 0 Å². The first-order valence-electron chi connectivity index (χ1n) is 7.45. The van der Waals surface area contributed by atoms with Crippen molar-refractivity contribution in [2.75, 3.05) is 52.8 Å². The molecular formula is C15H25NO6S. The summed E-state index contributed by atoms with van der Waals surface area (Å²) in [5, 5.41) is 0. The van der Waals surface area contributed by atoms with Gasteiger partial charge < -0.3 is 19.9 Å². The Morgan fingerprint density at radius 3 is 1.83 bits per heavy atom. The van der Waals surface area contributed by atoms with Gasteiger partial charge >= 0.3 is 0 Å². The van der Waals surface area contributed by atoms with E-state index in [1.165, 1.54) is 12.1 Å². The second-order valence-electron chi connectivity index (χ2n) is 4.71. The van der Waals surface area contributed by atoms with E-state index in [1.54, 1.807) is 12.1 Å². The summed E-state index contributed by atoms with van der Waals surface area (Å²) in [6, 6.07) is 6.49. The number of hydrogen-bond acceptors (Lipinski definition) is 7. The van der Waals surface area contributed by atoms with Gasteiger partial charge in [-0.3, -0.25) is 4.18 Å². The average Bonchev–Trinajstić information content (AvgIpc) is 2.53. The highest BCUT2D eigenvalue weighted by atomic mass is 32.2. The molecule has 0 saturated carbocycles. The Morgan fingerprint density at radius 2 is 1.30 bits per heavy atom. The fourth-order valence-corrected chi connectivity index (χ4v) is 2.49. The van der Waals surface area contributed by atoms with Crippen LogP contribution in [0.3, 0.4) is 0 Å². The summed E-state index contributed by atoms with van der Waals surface area (Å²) in [5.74, 6) is 0. The summed E-state index contributed by atoms with van der Waals surface area (Å²) >= 11 is 0. The number of hydrogen-bond donors (Lipinski definition) is 1. The van der Waals surface area contributed by atoms with Crippen LogP contribution in [0.15, 0.2) is 29.2 Å². The van der Waals surface area contributed by atoms with Crippen LogP contribution in [0.4, 0.5) is 0 Å². The maximum atomic E-state index is 11.9. The van der Waals surface area contributed by atoms with Gasteiger partial charge in [-0.1, -0.05) is 17.7 Å². The van der Waals surface area contributed by atoms with E-state index in [1.807, 2.05) is 6.92 Å². The van der Waals surface area contributed by atoms with Crippen molar-refractivity contribution in [1.29, 1.82) is 0 Å². The lowest BCUT2D eigenvalue weighted by Crippen LogP contribution is -2.15. The predicted octanol–water partition coefficient (Wildman–Crippen LogP) is 0.709. The molecule has 0 fully saturated rings. The zero-order valence-electron chi connectivity index (χ0n) is 13.4. The molecule has 0 aliphatic heterocycles. The highest BCUT2D eigenvalue weighted by Crippen LogP contribution is 2.12. The molecule has 0 aromatic heterocycles. The summed E-state index contributed by atoms with van der Waals surface area (Å²) in [6.45, 7) is 4.80. The Bertz CT molecular complexity index is 517. The van der Waals surface area contributed by atoms with Crippen molar-refractivity contribution in [3.05, 3.63) is 29.8 Å². The zero-order valence-corrected chi connectivity index (χ0v) is 14.2. The van der Waals surface area contributed by atoms with Crippen molar-refractivity contribution in [2.45, 2.75) is 11.8 Å². The third-order valence-electron chi connectivity index (χ3n) is 2.78. The van der Waals surface area contributed by atoms with Crippen molar-refractivity contribution < 1.29 is 26.8 Å². The second-order valence-corrected chi connectivity index (χ2v) is 6.33. The van der Waals surface area contributed by atoms with E-state index >= 15 is 0 Å². The van der Waals surface area contributed by atoms with Gasteiger partial charge in [0.25, 0.3) is 10.1 Å². The van der Waals surface area contributed by atoms with Gasteiger partial charge in [0.05, 0.1) is 51.1 Å². The molecule has 23 heavy (non-hydrogen) atoms. The Balaban J connectivity index is 2.05. The first kappa shape index (κ1) is 20.0. The molecule has 0 unspecified atom stereocenters. The standard InChI is InChI=1S/C15H25NO6S/c1-14-2-4-15(5-3-14)23(17,18)22-13-12-21-11-10-20-9-8-19-7-6-16/h2-5H,6-13,16H2,1H3. The molecule has 1 rings (SSSR count). The van der Waals surface area contributed by atoms with E-state index in [9.17, 15) is 8.42 Å². The van der Waals surface area contributed by atoms with Crippen LogP contribution in [0.25, 0.3) is 0 Å². The third kappa shape index (κ3) is 8.99. The van der Waals surface area contributed by atoms with E-state index in [4.69, 9.17) is 24.1 Å². The molecule has 1 aromatic rings. The summed E-state index contributed by atoms with van der Waals surface area (Å²) in [6.07, 6.45) is 0. The van der Waals surface area contributed by atoms with Crippen LogP contribution in [0, 0.1) is 6.92 Å². The molecule has 0 amide bonds. The van der Waals surface area contributed by atoms with Gasteiger partial charge in [0.1, 0.15) is 0 Å². The molecule has 0 spiro atoms. The normalized spacial score (nSPS) is 11.7. The molecule has 0 bridgehead atoms. The topological polar surface area (TPSA) is 97.1 Å². The van der Waals surface area contributed by atoms with Gasteiger partial charge in [0.2, 0.25) is 0 Å². The first-order valence-corrected chi connectivity index (χ1v) is 8.86. The van der Waals surface area contributed by atoms with Crippen LogP contribution >= 0.6 is 0 Å². The fraction of sp³-hybridized carbons (Fsp3) is 0.600. The van der Waals surface area contributed by atoms with E-state index in [-0.39, 0.29) is 18.1 Å². The Labute approximate surface area is 137 Å². The molecule has 0 radical (unpaired) electrons. The molecular weight excluding hydrogens is 322 g/mol. The van der Waals surface area contributed by atoms with E-state index < -0.39 is 10.1 Å². The highest BCUT2D eigenvalue weighted by molar-refractivity contribution is 7.86. The maximum absolute atomic E-state index is 11.9. The summed E-state index contributed by atoms with van der Waals surface area (Å²) in [4.78, 5) is 0.143. The molecule has 0 saturated heterocycles. The van der Waals surface area contributed by atoms with Crippen LogP contribution in [0.2, 0.25) is 0 Å². The minimum Gasteiger partial charge on any atom is -0.378 e. The lowest BCUT2D eigenvalue weighted by Gasteiger charge is -2.08.